The predicted molar refractivity (Wildman–Crippen MR) is 56.7 cm³/mol. The molecule has 3 atom stereocenters. The second-order valence-corrected chi connectivity index (χ2v) is 4.89. The van der Waals surface area contributed by atoms with Gasteiger partial charge in [-0.15, -0.1) is 0 Å². The summed E-state index contributed by atoms with van der Waals surface area (Å²) in [5.74, 6) is 3.06. The van der Waals surface area contributed by atoms with Crippen LogP contribution in [0.25, 0.3) is 0 Å². The molecule has 1 aliphatic heterocycles. The molecular formula is C12H23N. The molecule has 0 radical (unpaired) electrons. The van der Waals surface area contributed by atoms with Crippen molar-refractivity contribution in [3.05, 3.63) is 0 Å². The van der Waals surface area contributed by atoms with Crippen LogP contribution in [0.5, 0.6) is 0 Å². The summed E-state index contributed by atoms with van der Waals surface area (Å²) in [4.78, 5) is 0. The van der Waals surface area contributed by atoms with Crippen molar-refractivity contribution < 1.29 is 0 Å². The molecule has 76 valence electrons. The van der Waals surface area contributed by atoms with Gasteiger partial charge in [0.25, 0.3) is 0 Å². The first-order chi connectivity index (χ1) is 6.42. The zero-order valence-corrected chi connectivity index (χ0v) is 8.89. The van der Waals surface area contributed by atoms with E-state index < -0.39 is 0 Å². The van der Waals surface area contributed by atoms with Crippen molar-refractivity contribution in [3.63, 3.8) is 0 Å². The van der Waals surface area contributed by atoms with E-state index in [0.717, 1.165) is 17.8 Å². The minimum Gasteiger partial charge on any atom is -0.316 e. The highest BCUT2D eigenvalue weighted by atomic mass is 14.9. The topological polar surface area (TPSA) is 12.0 Å². The first-order valence-electron chi connectivity index (χ1n) is 6.12. The molecule has 0 aromatic carbocycles. The lowest BCUT2D eigenvalue weighted by molar-refractivity contribution is 0.155. The summed E-state index contributed by atoms with van der Waals surface area (Å²) in [5.41, 5.74) is 0. The largest absolute Gasteiger partial charge is 0.316 e. The summed E-state index contributed by atoms with van der Waals surface area (Å²) < 4.78 is 0. The standard InChI is InChI=1S/C12H23N/c1-2-10-8-13-9-11-6-4-3-5-7-12(10)11/h10-13H,2-9H2,1H3. The van der Waals surface area contributed by atoms with E-state index in [-0.39, 0.29) is 0 Å². The highest BCUT2D eigenvalue weighted by Gasteiger charge is 2.32. The molecule has 2 aliphatic rings. The molecule has 0 spiro atoms. The number of hydrogen-bond donors (Lipinski definition) is 1. The van der Waals surface area contributed by atoms with Crippen LogP contribution in [-0.4, -0.2) is 13.1 Å². The SMILES string of the molecule is CCC1CNCC2CCCCCC12. The maximum Gasteiger partial charge on any atom is -0.00176 e. The maximum absolute atomic E-state index is 3.61. The van der Waals surface area contributed by atoms with E-state index in [0.29, 0.717) is 0 Å². The van der Waals surface area contributed by atoms with Gasteiger partial charge in [0.2, 0.25) is 0 Å². The van der Waals surface area contributed by atoms with E-state index in [2.05, 4.69) is 12.2 Å². The van der Waals surface area contributed by atoms with Gasteiger partial charge in [0.05, 0.1) is 0 Å². The molecule has 0 bridgehead atoms. The van der Waals surface area contributed by atoms with E-state index in [9.17, 15) is 0 Å². The fourth-order valence-corrected chi connectivity index (χ4v) is 3.34. The van der Waals surface area contributed by atoms with Crippen LogP contribution in [-0.2, 0) is 0 Å². The molecule has 1 saturated heterocycles. The van der Waals surface area contributed by atoms with E-state index in [4.69, 9.17) is 0 Å². The Bertz CT molecular complexity index is 155. The normalized spacial score (nSPS) is 40.8. The lowest BCUT2D eigenvalue weighted by Crippen LogP contribution is -2.42. The third-order valence-electron chi connectivity index (χ3n) is 4.16. The predicted octanol–water partition coefficient (Wildman–Crippen LogP) is 2.81. The van der Waals surface area contributed by atoms with Gasteiger partial charge in [-0.25, -0.2) is 0 Å². The number of fused-ring (bicyclic) bond motifs is 1. The van der Waals surface area contributed by atoms with Gasteiger partial charge in [0, 0.05) is 0 Å². The number of nitrogens with one attached hydrogen (secondary N) is 1. The second kappa shape index (κ2) is 4.45. The molecule has 3 unspecified atom stereocenters. The summed E-state index contributed by atoms with van der Waals surface area (Å²) in [5, 5.41) is 3.61. The second-order valence-electron chi connectivity index (χ2n) is 4.89. The first kappa shape index (κ1) is 9.51. The Hall–Kier alpha value is -0.0400. The maximum atomic E-state index is 3.61. The zero-order valence-electron chi connectivity index (χ0n) is 8.89. The highest BCUT2D eigenvalue weighted by Crippen LogP contribution is 2.36. The van der Waals surface area contributed by atoms with Crippen LogP contribution in [0.4, 0.5) is 0 Å². The minimum atomic E-state index is 0.983. The van der Waals surface area contributed by atoms with Gasteiger partial charge in [-0.2, -0.15) is 0 Å². The zero-order chi connectivity index (χ0) is 9.10. The molecule has 1 heterocycles. The lowest BCUT2D eigenvalue weighted by Gasteiger charge is -2.37. The average Bonchev–Trinajstić information content (AvgIpc) is 2.41. The Labute approximate surface area is 82.3 Å². The fourth-order valence-electron chi connectivity index (χ4n) is 3.34. The summed E-state index contributed by atoms with van der Waals surface area (Å²) in [6.07, 6.45) is 8.87. The van der Waals surface area contributed by atoms with Crippen molar-refractivity contribution in [1.29, 1.82) is 0 Å². The highest BCUT2D eigenvalue weighted by molar-refractivity contribution is 4.85. The minimum absolute atomic E-state index is 0.983. The summed E-state index contributed by atoms with van der Waals surface area (Å²) in [6.45, 7) is 4.96. The molecule has 1 nitrogen and oxygen atoms in total. The van der Waals surface area contributed by atoms with E-state index in [1.807, 2.05) is 0 Å². The Morgan fingerprint density at radius 2 is 1.92 bits per heavy atom. The van der Waals surface area contributed by atoms with Gasteiger partial charge in [-0.3, -0.25) is 0 Å². The third kappa shape index (κ3) is 2.07. The van der Waals surface area contributed by atoms with Crippen molar-refractivity contribution in [2.24, 2.45) is 17.8 Å². The van der Waals surface area contributed by atoms with Crippen LogP contribution < -0.4 is 5.32 Å². The van der Waals surface area contributed by atoms with Gasteiger partial charge >= 0.3 is 0 Å². The molecule has 1 heteroatoms. The Kier molecular flexibility index (Phi) is 3.26. The number of piperidine rings is 1. The van der Waals surface area contributed by atoms with Crippen LogP contribution in [0.2, 0.25) is 0 Å². The van der Waals surface area contributed by atoms with Gasteiger partial charge in [0.15, 0.2) is 0 Å². The van der Waals surface area contributed by atoms with Crippen LogP contribution in [0.1, 0.15) is 45.4 Å². The van der Waals surface area contributed by atoms with Gasteiger partial charge in [0.1, 0.15) is 0 Å². The van der Waals surface area contributed by atoms with Crippen LogP contribution >= 0.6 is 0 Å². The quantitative estimate of drug-likeness (QED) is 0.656. The number of hydrogen-bond acceptors (Lipinski definition) is 1. The molecule has 2 rings (SSSR count). The lowest BCUT2D eigenvalue weighted by atomic mass is 9.74. The molecule has 2 fully saturated rings. The Morgan fingerprint density at radius 3 is 2.77 bits per heavy atom. The molecule has 13 heavy (non-hydrogen) atoms. The summed E-state index contributed by atoms with van der Waals surface area (Å²) >= 11 is 0. The molecule has 0 aromatic rings. The van der Waals surface area contributed by atoms with E-state index >= 15 is 0 Å². The molecule has 1 saturated carbocycles. The van der Waals surface area contributed by atoms with Crippen molar-refractivity contribution in [2.45, 2.75) is 45.4 Å². The summed E-state index contributed by atoms with van der Waals surface area (Å²) in [6, 6.07) is 0. The van der Waals surface area contributed by atoms with Crippen molar-refractivity contribution in [2.75, 3.05) is 13.1 Å². The molecule has 0 aromatic heterocycles. The molecule has 1 N–H and O–H groups in total. The third-order valence-corrected chi connectivity index (χ3v) is 4.16. The Balaban J connectivity index is 2.00. The van der Waals surface area contributed by atoms with Crippen LogP contribution in [0.15, 0.2) is 0 Å². The van der Waals surface area contributed by atoms with Crippen molar-refractivity contribution >= 4 is 0 Å². The average molecular weight is 181 g/mol. The van der Waals surface area contributed by atoms with Crippen molar-refractivity contribution in [1.82, 2.24) is 5.32 Å². The molecule has 0 amide bonds. The van der Waals surface area contributed by atoms with E-state index in [1.54, 1.807) is 0 Å². The Morgan fingerprint density at radius 1 is 1.08 bits per heavy atom. The number of rotatable bonds is 1. The van der Waals surface area contributed by atoms with Gasteiger partial charge < -0.3 is 5.32 Å². The van der Waals surface area contributed by atoms with Crippen LogP contribution in [0.3, 0.4) is 0 Å². The smallest absolute Gasteiger partial charge is 0.00176 e. The monoisotopic (exact) mass is 181 g/mol. The van der Waals surface area contributed by atoms with Gasteiger partial charge in [-0.05, 0) is 43.7 Å². The molecular weight excluding hydrogens is 158 g/mol. The fraction of sp³-hybridized carbons (Fsp3) is 1.00. The summed E-state index contributed by atoms with van der Waals surface area (Å²) in [7, 11) is 0. The van der Waals surface area contributed by atoms with Crippen LogP contribution in [0, 0.1) is 17.8 Å². The molecule has 1 aliphatic carbocycles. The van der Waals surface area contributed by atoms with E-state index in [1.165, 1.54) is 51.6 Å². The first-order valence-corrected chi connectivity index (χ1v) is 6.12. The van der Waals surface area contributed by atoms with Crippen molar-refractivity contribution in [3.8, 4) is 0 Å². The van der Waals surface area contributed by atoms with Gasteiger partial charge in [-0.1, -0.05) is 32.6 Å².